The maximum atomic E-state index is 13.5. The van der Waals surface area contributed by atoms with Gasteiger partial charge < -0.3 is 19.4 Å². The Labute approximate surface area is 223 Å². The molecule has 0 spiro atoms. The van der Waals surface area contributed by atoms with Crippen LogP contribution in [0.3, 0.4) is 0 Å². The van der Waals surface area contributed by atoms with E-state index in [0.29, 0.717) is 29.4 Å². The van der Waals surface area contributed by atoms with Crippen LogP contribution in [-0.2, 0) is 22.8 Å². The Morgan fingerprint density at radius 3 is 2.64 bits per heavy atom. The van der Waals surface area contributed by atoms with Gasteiger partial charge >= 0.3 is 6.18 Å². The van der Waals surface area contributed by atoms with E-state index in [1.165, 1.54) is 35.9 Å². The zero-order valence-corrected chi connectivity index (χ0v) is 22.4. The van der Waals surface area contributed by atoms with Gasteiger partial charge in [-0.3, -0.25) is 5.10 Å². The van der Waals surface area contributed by atoms with Crippen molar-refractivity contribution < 1.29 is 26.3 Å². The van der Waals surface area contributed by atoms with Crippen molar-refractivity contribution in [2.24, 2.45) is 0 Å². The lowest BCUT2D eigenvalue weighted by molar-refractivity contribution is -0.128. The maximum Gasteiger partial charge on any atom is 0.394 e. The number of aromatic amines is 1. The fraction of sp³-hybridized carbons (Fsp3) is 0.320. The van der Waals surface area contributed by atoms with Gasteiger partial charge in [-0.05, 0) is 44.3 Å². The Kier molecular flexibility index (Phi) is 7.84. The number of sulfone groups is 1. The summed E-state index contributed by atoms with van der Waals surface area (Å²) >= 11 is 0. The minimum absolute atomic E-state index is 0.0231. The summed E-state index contributed by atoms with van der Waals surface area (Å²) in [6, 6.07) is 7.63. The SMILES string of the molecule is COc1cc(S(C)(=O)=O)ccc1NCC#Cc1nc2c(-c3n[nH]c(CN(C)C)n3)cccn2c1CC(F)(F)F. The number of hydrogen-bond acceptors (Lipinski definition) is 8. The van der Waals surface area contributed by atoms with Crippen LogP contribution in [0.5, 0.6) is 5.75 Å². The lowest BCUT2D eigenvalue weighted by Gasteiger charge is -2.10. The second-order valence-corrected chi connectivity index (χ2v) is 11.0. The summed E-state index contributed by atoms with van der Waals surface area (Å²) in [5.41, 5.74) is 1.06. The second kappa shape index (κ2) is 11.0. The predicted molar refractivity (Wildman–Crippen MR) is 139 cm³/mol. The van der Waals surface area contributed by atoms with E-state index in [1.807, 2.05) is 19.0 Å². The molecule has 2 N–H and O–H groups in total. The van der Waals surface area contributed by atoms with Gasteiger partial charge in [0.25, 0.3) is 0 Å². The number of pyridine rings is 1. The first-order chi connectivity index (χ1) is 18.4. The molecule has 0 saturated carbocycles. The molecular formula is C25H26F3N7O3S. The van der Waals surface area contributed by atoms with Crippen molar-refractivity contribution in [2.45, 2.75) is 24.0 Å². The summed E-state index contributed by atoms with van der Waals surface area (Å²) in [5, 5.41) is 10.0. The number of nitrogens with zero attached hydrogens (tertiary/aromatic N) is 5. The van der Waals surface area contributed by atoms with E-state index in [0.717, 1.165) is 6.26 Å². The topological polar surface area (TPSA) is 118 Å². The normalized spacial score (nSPS) is 12.0. The summed E-state index contributed by atoms with van der Waals surface area (Å²) in [5.74, 6) is 6.74. The number of alkyl halides is 3. The molecule has 14 heteroatoms. The van der Waals surface area contributed by atoms with Crippen molar-refractivity contribution in [3.63, 3.8) is 0 Å². The van der Waals surface area contributed by atoms with Crippen LogP contribution in [0.25, 0.3) is 17.0 Å². The van der Waals surface area contributed by atoms with Gasteiger partial charge in [0.1, 0.15) is 22.9 Å². The van der Waals surface area contributed by atoms with Crippen molar-refractivity contribution in [1.82, 2.24) is 29.5 Å². The zero-order valence-electron chi connectivity index (χ0n) is 21.6. The van der Waals surface area contributed by atoms with Gasteiger partial charge in [0.05, 0.1) is 48.5 Å². The average Bonchev–Trinajstić information content (AvgIpc) is 3.44. The molecule has 3 heterocycles. The molecule has 0 saturated heterocycles. The molecular weight excluding hydrogens is 535 g/mol. The van der Waals surface area contributed by atoms with Gasteiger partial charge in [0, 0.05) is 18.5 Å². The number of rotatable bonds is 8. The Balaban J connectivity index is 1.66. The fourth-order valence-electron chi connectivity index (χ4n) is 3.85. The standard InChI is InChI=1S/C25H26F3N7O3S/c1-34(2)15-22-31-23(33-32-22)17-7-6-12-35-20(14-25(26,27)28)18(30-24(17)35)8-5-11-29-19-10-9-16(39(4,36)37)13-21(19)38-3/h6-7,9-10,12-13,29H,11,14-15H2,1-4H3,(H,31,32,33). The van der Waals surface area contributed by atoms with Gasteiger partial charge in [0.15, 0.2) is 15.7 Å². The average molecular weight is 562 g/mol. The Morgan fingerprint density at radius 1 is 1.21 bits per heavy atom. The quantitative estimate of drug-likeness (QED) is 0.315. The number of ether oxygens (including phenoxy) is 1. The molecule has 4 rings (SSSR count). The Morgan fingerprint density at radius 2 is 1.97 bits per heavy atom. The summed E-state index contributed by atoms with van der Waals surface area (Å²) in [4.78, 5) is 10.9. The smallest absolute Gasteiger partial charge is 0.394 e. The summed E-state index contributed by atoms with van der Waals surface area (Å²) in [7, 11) is 1.72. The number of aromatic nitrogens is 5. The number of H-pyrrole nitrogens is 1. The molecule has 0 unspecified atom stereocenters. The van der Waals surface area contributed by atoms with Crippen LogP contribution >= 0.6 is 0 Å². The van der Waals surface area contributed by atoms with Crippen LogP contribution < -0.4 is 10.1 Å². The molecule has 39 heavy (non-hydrogen) atoms. The van der Waals surface area contributed by atoms with E-state index in [4.69, 9.17) is 4.74 Å². The molecule has 4 aromatic rings. The van der Waals surface area contributed by atoms with Crippen LogP contribution in [0.4, 0.5) is 18.9 Å². The Bertz CT molecular complexity index is 1670. The Hall–Kier alpha value is -4.09. The first-order valence-electron chi connectivity index (χ1n) is 11.6. The van der Waals surface area contributed by atoms with Gasteiger partial charge in [-0.25, -0.2) is 18.4 Å². The second-order valence-electron chi connectivity index (χ2n) is 8.95. The van der Waals surface area contributed by atoms with Crippen LogP contribution in [-0.4, -0.2) is 78.1 Å². The van der Waals surface area contributed by atoms with Gasteiger partial charge in [-0.2, -0.15) is 18.3 Å². The number of fused-ring (bicyclic) bond motifs is 1. The third-order valence-electron chi connectivity index (χ3n) is 5.53. The van der Waals surface area contributed by atoms with E-state index in [1.54, 1.807) is 12.1 Å². The number of hydrogen-bond donors (Lipinski definition) is 2. The van der Waals surface area contributed by atoms with Crippen molar-refractivity contribution in [3.8, 4) is 29.0 Å². The molecule has 0 aliphatic rings. The number of methoxy groups -OCH3 is 1. The molecule has 0 amide bonds. The summed E-state index contributed by atoms with van der Waals surface area (Å²) in [6.07, 6.45) is -3.13. The highest BCUT2D eigenvalue weighted by molar-refractivity contribution is 7.90. The van der Waals surface area contributed by atoms with E-state index >= 15 is 0 Å². The molecule has 0 aliphatic heterocycles. The summed E-state index contributed by atoms with van der Waals surface area (Å²) in [6.45, 7) is 0.547. The zero-order chi connectivity index (χ0) is 28.4. The third-order valence-corrected chi connectivity index (χ3v) is 6.64. The minimum Gasteiger partial charge on any atom is -0.495 e. The highest BCUT2D eigenvalue weighted by atomic mass is 32.2. The fourth-order valence-corrected chi connectivity index (χ4v) is 4.49. The van der Waals surface area contributed by atoms with E-state index in [-0.39, 0.29) is 34.2 Å². The number of benzene rings is 1. The third kappa shape index (κ3) is 6.68. The number of imidazole rings is 1. The maximum absolute atomic E-state index is 13.5. The van der Waals surface area contributed by atoms with E-state index < -0.39 is 22.4 Å². The molecule has 0 atom stereocenters. The molecule has 0 bridgehead atoms. The van der Waals surface area contributed by atoms with Crippen molar-refractivity contribution in [3.05, 3.63) is 53.7 Å². The molecule has 1 aromatic carbocycles. The van der Waals surface area contributed by atoms with Gasteiger partial charge in [0.2, 0.25) is 0 Å². The van der Waals surface area contributed by atoms with Crippen molar-refractivity contribution in [2.75, 3.05) is 39.3 Å². The molecule has 0 aliphatic carbocycles. The number of nitrogens with one attached hydrogen (secondary N) is 2. The van der Waals surface area contributed by atoms with Crippen LogP contribution in [0.1, 0.15) is 17.2 Å². The van der Waals surface area contributed by atoms with Crippen molar-refractivity contribution >= 4 is 21.2 Å². The van der Waals surface area contributed by atoms with Crippen LogP contribution in [0, 0.1) is 11.8 Å². The molecule has 3 aromatic heterocycles. The molecule has 0 radical (unpaired) electrons. The first-order valence-corrected chi connectivity index (χ1v) is 13.5. The lowest BCUT2D eigenvalue weighted by atomic mass is 10.2. The van der Waals surface area contributed by atoms with E-state index in [9.17, 15) is 21.6 Å². The van der Waals surface area contributed by atoms with E-state index in [2.05, 4.69) is 37.3 Å². The molecule has 10 nitrogen and oxygen atoms in total. The van der Waals surface area contributed by atoms with Crippen molar-refractivity contribution in [1.29, 1.82) is 0 Å². The first kappa shape index (κ1) is 27.9. The highest BCUT2D eigenvalue weighted by Gasteiger charge is 2.32. The van der Waals surface area contributed by atoms with Crippen LogP contribution in [0.2, 0.25) is 0 Å². The predicted octanol–water partition coefficient (Wildman–Crippen LogP) is 3.16. The highest BCUT2D eigenvalue weighted by Crippen LogP contribution is 2.29. The lowest BCUT2D eigenvalue weighted by Crippen LogP contribution is -2.14. The minimum atomic E-state index is -4.49. The molecule has 0 fully saturated rings. The molecule has 206 valence electrons. The largest absolute Gasteiger partial charge is 0.495 e. The van der Waals surface area contributed by atoms with Gasteiger partial charge in [-0.15, -0.1) is 0 Å². The number of anilines is 1. The summed E-state index contributed by atoms with van der Waals surface area (Å²) < 4.78 is 70.7. The number of halogens is 3. The monoisotopic (exact) mass is 561 g/mol. The van der Waals surface area contributed by atoms with Gasteiger partial charge in [-0.1, -0.05) is 5.92 Å². The van der Waals surface area contributed by atoms with Crippen LogP contribution in [0.15, 0.2) is 41.4 Å².